The molecule has 16 heavy (non-hydrogen) atoms. The van der Waals surface area contributed by atoms with E-state index in [1.54, 1.807) is 13.3 Å². The summed E-state index contributed by atoms with van der Waals surface area (Å²) in [6, 6.07) is 1.89. The van der Waals surface area contributed by atoms with E-state index >= 15 is 0 Å². The Bertz CT molecular complexity index is 339. The van der Waals surface area contributed by atoms with Crippen molar-refractivity contribution in [2.75, 3.05) is 7.11 Å². The molecule has 2 rings (SSSR count). The molecule has 0 aromatic carbocycles. The van der Waals surface area contributed by atoms with Crippen molar-refractivity contribution in [1.29, 1.82) is 0 Å². The molecule has 4 heteroatoms. The van der Waals surface area contributed by atoms with Gasteiger partial charge in [0, 0.05) is 19.9 Å². The van der Waals surface area contributed by atoms with Crippen molar-refractivity contribution in [2.24, 2.45) is 0 Å². The quantitative estimate of drug-likeness (QED) is 0.831. The van der Waals surface area contributed by atoms with Gasteiger partial charge in [0.25, 0.3) is 0 Å². The fraction of sp³-hybridized carbons (Fsp3) is 0.750. The topological polar surface area (TPSA) is 47.3 Å². The minimum atomic E-state index is -0.555. The Morgan fingerprint density at radius 1 is 1.62 bits per heavy atom. The summed E-state index contributed by atoms with van der Waals surface area (Å²) in [6.45, 7) is 2.95. The van der Waals surface area contributed by atoms with Crippen LogP contribution in [0.25, 0.3) is 0 Å². The lowest BCUT2D eigenvalue weighted by Gasteiger charge is -2.44. The summed E-state index contributed by atoms with van der Waals surface area (Å²) in [5, 5.41) is 14.6. The molecule has 1 aliphatic carbocycles. The Morgan fingerprint density at radius 3 is 2.88 bits per heavy atom. The lowest BCUT2D eigenvalue weighted by Crippen LogP contribution is -2.45. The molecular formula is C12H20N2O2. The van der Waals surface area contributed by atoms with Crippen LogP contribution in [-0.2, 0) is 11.3 Å². The van der Waals surface area contributed by atoms with E-state index in [9.17, 15) is 5.11 Å². The molecule has 1 N–H and O–H groups in total. The monoisotopic (exact) mass is 224 g/mol. The second kappa shape index (κ2) is 4.55. The summed E-state index contributed by atoms with van der Waals surface area (Å²) >= 11 is 0. The van der Waals surface area contributed by atoms with Gasteiger partial charge in [-0.2, -0.15) is 5.10 Å². The maximum Gasteiger partial charge on any atom is 0.124 e. The summed E-state index contributed by atoms with van der Waals surface area (Å²) in [4.78, 5) is 0. The standard InChI is InChI=1S/C12H20N2O2/c1-3-9-14-10(5-8-13-14)11(15)12(16-2)6-4-7-12/h5,8,11,15H,3-4,6-7,9H2,1-2H3. The fourth-order valence-corrected chi connectivity index (χ4v) is 2.36. The molecule has 1 atom stereocenters. The first kappa shape index (κ1) is 11.6. The lowest BCUT2D eigenvalue weighted by molar-refractivity contribution is -0.154. The average molecular weight is 224 g/mol. The highest BCUT2D eigenvalue weighted by Gasteiger charge is 2.45. The molecule has 0 aliphatic heterocycles. The molecule has 90 valence electrons. The molecule has 0 spiro atoms. The molecule has 0 radical (unpaired) electrons. The molecule has 1 unspecified atom stereocenters. The van der Waals surface area contributed by atoms with Crippen LogP contribution in [0.3, 0.4) is 0 Å². The van der Waals surface area contributed by atoms with E-state index in [0.717, 1.165) is 37.9 Å². The highest BCUT2D eigenvalue weighted by Crippen LogP contribution is 2.44. The number of aryl methyl sites for hydroxylation is 1. The van der Waals surface area contributed by atoms with E-state index in [1.807, 2.05) is 10.7 Å². The first-order valence-corrected chi connectivity index (χ1v) is 5.98. The van der Waals surface area contributed by atoms with Crippen molar-refractivity contribution in [3.8, 4) is 0 Å². The first-order valence-electron chi connectivity index (χ1n) is 5.98. The number of aliphatic hydroxyl groups is 1. The Hall–Kier alpha value is -0.870. The average Bonchev–Trinajstić information content (AvgIpc) is 2.65. The molecule has 1 aromatic heterocycles. The number of aliphatic hydroxyl groups excluding tert-OH is 1. The van der Waals surface area contributed by atoms with Crippen molar-refractivity contribution < 1.29 is 9.84 Å². The lowest BCUT2D eigenvalue weighted by atomic mass is 9.75. The largest absolute Gasteiger partial charge is 0.384 e. The Kier molecular flexibility index (Phi) is 3.30. The van der Waals surface area contributed by atoms with Gasteiger partial charge in [-0.15, -0.1) is 0 Å². The summed E-state index contributed by atoms with van der Waals surface area (Å²) in [6.07, 6.45) is 5.20. The highest BCUT2D eigenvalue weighted by molar-refractivity contribution is 5.13. The second-order valence-corrected chi connectivity index (χ2v) is 4.50. The predicted octanol–water partition coefficient (Wildman–Crippen LogP) is 1.90. The number of methoxy groups -OCH3 is 1. The third kappa shape index (κ3) is 1.76. The van der Waals surface area contributed by atoms with Crippen LogP contribution in [0.1, 0.15) is 44.4 Å². The van der Waals surface area contributed by atoms with Crippen LogP contribution >= 0.6 is 0 Å². The highest BCUT2D eigenvalue weighted by atomic mass is 16.5. The number of ether oxygens (including phenoxy) is 1. The van der Waals surface area contributed by atoms with Crippen molar-refractivity contribution in [2.45, 2.75) is 50.9 Å². The smallest absolute Gasteiger partial charge is 0.124 e. The van der Waals surface area contributed by atoms with Gasteiger partial charge in [-0.1, -0.05) is 6.92 Å². The van der Waals surface area contributed by atoms with Crippen LogP contribution < -0.4 is 0 Å². The predicted molar refractivity (Wildman–Crippen MR) is 61.1 cm³/mol. The van der Waals surface area contributed by atoms with Crippen molar-refractivity contribution in [1.82, 2.24) is 9.78 Å². The maximum atomic E-state index is 10.4. The van der Waals surface area contributed by atoms with Crippen LogP contribution in [0.15, 0.2) is 12.3 Å². The molecule has 1 saturated carbocycles. The van der Waals surface area contributed by atoms with E-state index in [2.05, 4.69) is 12.0 Å². The maximum absolute atomic E-state index is 10.4. The zero-order chi connectivity index (χ0) is 11.6. The Labute approximate surface area is 96.2 Å². The van der Waals surface area contributed by atoms with Gasteiger partial charge in [0.05, 0.1) is 11.3 Å². The summed E-state index contributed by atoms with van der Waals surface area (Å²) < 4.78 is 7.38. The minimum Gasteiger partial charge on any atom is -0.384 e. The summed E-state index contributed by atoms with van der Waals surface area (Å²) in [7, 11) is 1.68. The molecule has 1 aromatic rings. The van der Waals surface area contributed by atoms with Crippen LogP contribution in [0.2, 0.25) is 0 Å². The molecule has 1 heterocycles. The molecule has 4 nitrogen and oxygen atoms in total. The van der Waals surface area contributed by atoms with E-state index < -0.39 is 6.10 Å². The van der Waals surface area contributed by atoms with E-state index in [1.165, 1.54) is 0 Å². The third-order valence-electron chi connectivity index (χ3n) is 3.57. The van der Waals surface area contributed by atoms with Gasteiger partial charge in [-0.25, -0.2) is 0 Å². The molecular weight excluding hydrogens is 204 g/mol. The van der Waals surface area contributed by atoms with Gasteiger partial charge in [0.2, 0.25) is 0 Å². The van der Waals surface area contributed by atoms with E-state index in [-0.39, 0.29) is 5.60 Å². The van der Waals surface area contributed by atoms with Crippen LogP contribution in [-0.4, -0.2) is 27.6 Å². The minimum absolute atomic E-state index is 0.370. The normalized spacial score (nSPS) is 20.4. The van der Waals surface area contributed by atoms with Crippen molar-refractivity contribution in [3.63, 3.8) is 0 Å². The first-order chi connectivity index (χ1) is 7.73. The summed E-state index contributed by atoms with van der Waals surface area (Å²) in [5.74, 6) is 0. The van der Waals surface area contributed by atoms with Crippen LogP contribution in [0.4, 0.5) is 0 Å². The number of aromatic nitrogens is 2. The number of hydrogen-bond acceptors (Lipinski definition) is 3. The van der Waals surface area contributed by atoms with Gasteiger partial charge >= 0.3 is 0 Å². The molecule has 0 amide bonds. The molecule has 1 fully saturated rings. The molecule has 0 saturated heterocycles. The third-order valence-corrected chi connectivity index (χ3v) is 3.57. The van der Waals surface area contributed by atoms with Crippen molar-refractivity contribution >= 4 is 0 Å². The van der Waals surface area contributed by atoms with Crippen LogP contribution in [0.5, 0.6) is 0 Å². The van der Waals surface area contributed by atoms with Gasteiger partial charge in [0.15, 0.2) is 0 Å². The zero-order valence-electron chi connectivity index (χ0n) is 10.0. The number of hydrogen-bond donors (Lipinski definition) is 1. The van der Waals surface area contributed by atoms with Gasteiger partial charge in [-0.3, -0.25) is 4.68 Å². The Balaban J connectivity index is 2.19. The van der Waals surface area contributed by atoms with E-state index in [4.69, 9.17) is 4.74 Å². The van der Waals surface area contributed by atoms with Gasteiger partial charge < -0.3 is 9.84 Å². The van der Waals surface area contributed by atoms with Gasteiger partial charge in [0.1, 0.15) is 6.10 Å². The van der Waals surface area contributed by atoms with Gasteiger partial charge in [-0.05, 0) is 31.7 Å². The molecule has 1 aliphatic rings. The fourth-order valence-electron chi connectivity index (χ4n) is 2.36. The zero-order valence-corrected chi connectivity index (χ0v) is 10.0. The number of nitrogens with zero attached hydrogens (tertiary/aromatic N) is 2. The van der Waals surface area contributed by atoms with E-state index in [0.29, 0.717) is 0 Å². The summed E-state index contributed by atoms with van der Waals surface area (Å²) in [5.41, 5.74) is 0.509. The Morgan fingerprint density at radius 2 is 2.38 bits per heavy atom. The van der Waals surface area contributed by atoms with Crippen molar-refractivity contribution in [3.05, 3.63) is 18.0 Å². The van der Waals surface area contributed by atoms with Crippen LogP contribution in [0, 0.1) is 0 Å². The SMILES string of the molecule is CCCn1nccc1C(O)C1(OC)CCC1. The number of rotatable bonds is 5. The molecule has 0 bridgehead atoms. The second-order valence-electron chi connectivity index (χ2n) is 4.50.